The maximum Gasteiger partial charge on any atom is 0.200 e. The first kappa shape index (κ1) is 6.86. The SMILES string of the molecule is C=C1C=C(C)N=C(N)N1C. The molecule has 2 N–H and O–H groups in total. The standard InChI is InChI=1S/C7H11N3/c1-5-4-6(2)10(3)7(8)9-5/h4H,2H2,1,3H3,(H2,8,9). The van der Waals surface area contributed by atoms with Gasteiger partial charge in [-0.15, -0.1) is 0 Å². The highest BCUT2D eigenvalue weighted by atomic mass is 15.2. The minimum atomic E-state index is 0.505. The molecule has 54 valence electrons. The second-order valence-corrected chi connectivity index (χ2v) is 2.31. The molecule has 3 heteroatoms. The summed E-state index contributed by atoms with van der Waals surface area (Å²) in [6, 6.07) is 0. The first-order valence-electron chi connectivity index (χ1n) is 3.06. The van der Waals surface area contributed by atoms with E-state index in [9.17, 15) is 0 Å². The number of hydrogen-bond donors (Lipinski definition) is 1. The van der Waals surface area contributed by atoms with Crippen LogP contribution in [0, 0.1) is 0 Å². The molecule has 3 nitrogen and oxygen atoms in total. The largest absolute Gasteiger partial charge is 0.369 e. The highest BCUT2D eigenvalue weighted by molar-refractivity contribution is 5.82. The lowest BCUT2D eigenvalue weighted by atomic mass is 10.3. The molecule has 0 spiro atoms. The van der Waals surface area contributed by atoms with Gasteiger partial charge in [0.2, 0.25) is 0 Å². The van der Waals surface area contributed by atoms with Gasteiger partial charge in [0, 0.05) is 18.4 Å². The van der Waals surface area contributed by atoms with Gasteiger partial charge in [0.1, 0.15) is 0 Å². The zero-order chi connectivity index (χ0) is 7.72. The summed E-state index contributed by atoms with van der Waals surface area (Å²) in [6.45, 7) is 5.68. The Morgan fingerprint density at radius 1 is 1.70 bits per heavy atom. The van der Waals surface area contributed by atoms with Gasteiger partial charge in [0.15, 0.2) is 5.96 Å². The number of likely N-dealkylation sites (N-methyl/N-ethyl adjacent to an activating group) is 1. The van der Waals surface area contributed by atoms with Crippen molar-refractivity contribution in [1.29, 1.82) is 0 Å². The number of guanidine groups is 1. The molecule has 0 amide bonds. The van der Waals surface area contributed by atoms with Crippen LogP contribution in [-0.2, 0) is 0 Å². The molecule has 1 heterocycles. The number of nitrogens with two attached hydrogens (primary N) is 1. The summed E-state index contributed by atoms with van der Waals surface area (Å²) >= 11 is 0. The van der Waals surface area contributed by atoms with E-state index < -0.39 is 0 Å². The van der Waals surface area contributed by atoms with Crippen LogP contribution in [0.5, 0.6) is 0 Å². The summed E-state index contributed by atoms with van der Waals surface area (Å²) in [5.74, 6) is 0.505. The predicted octanol–water partition coefficient (Wildman–Crippen LogP) is 0.664. The maximum atomic E-state index is 5.53. The third-order valence-electron chi connectivity index (χ3n) is 1.44. The van der Waals surface area contributed by atoms with Crippen molar-refractivity contribution < 1.29 is 0 Å². The first-order chi connectivity index (χ1) is 4.61. The zero-order valence-electron chi connectivity index (χ0n) is 6.26. The Kier molecular flexibility index (Phi) is 1.49. The molecule has 0 aromatic heterocycles. The third-order valence-corrected chi connectivity index (χ3v) is 1.44. The highest BCUT2D eigenvalue weighted by Crippen LogP contribution is 2.10. The van der Waals surface area contributed by atoms with Crippen molar-refractivity contribution in [2.75, 3.05) is 7.05 Å². The molecule has 0 aromatic rings. The Hall–Kier alpha value is -1.25. The van der Waals surface area contributed by atoms with E-state index in [1.165, 1.54) is 0 Å². The predicted molar refractivity (Wildman–Crippen MR) is 42.3 cm³/mol. The van der Waals surface area contributed by atoms with Crippen molar-refractivity contribution in [3.8, 4) is 0 Å². The van der Waals surface area contributed by atoms with Crippen LogP contribution in [0.25, 0.3) is 0 Å². The van der Waals surface area contributed by atoms with Crippen molar-refractivity contribution in [2.45, 2.75) is 6.92 Å². The quantitative estimate of drug-likeness (QED) is 0.533. The summed E-state index contributed by atoms with van der Waals surface area (Å²) in [5.41, 5.74) is 7.32. The van der Waals surface area contributed by atoms with E-state index in [0.29, 0.717) is 5.96 Å². The minimum absolute atomic E-state index is 0.505. The van der Waals surface area contributed by atoms with E-state index >= 15 is 0 Å². The summed E-state index contributed by atoms with van der Waals surface area (Å²) in [6.07, 6.45) is 1.89. The molecule has 0 fully saturated rings. The Bertz CT molecular complexity index is 225. The van der Waals surface area contributed by atoms with Crippen molar-refractivity contribution in [1.82, 2.24) is 4.90 Å². The van der Waals surface area contributed by atoms with Gasteiger partial charge in [-0.1, -0.05) is 6.58 Å². The summed E-state index contributed by atoms with van der Waals surface area (Å²) in [5, 5.41) is 0. The molecule has 0 aromatic carbocycles. The lowest BCUT2D eigenvalue weighted by Crippen LogP contribution is -2.34. The Morgan fingerprint density at radius 2 is 2.30 bits per heavy atom. The van der Waals surface area contributed by atoms with E-state index in [1.807, 2.05) is 20.0 Å². The van der Waals surface area contributed by atoms with Gasteiger partial charge in [-0.3, -0.25) is 0 Å². The molecule has 1 aliphatic rings. The first-order valence-corrected chi connectivity index (χ1v) is 3.06. The molecular weight excluding hydrogens is 126 g/mol. The monoisotopic (exact) mass is 137 g/mol. The number of allylic oxidation sites excluding steroid dienone is 2. The van der Waals surface area contributed by atoms with Crippen molar-refractivity contribution in [3.63, 3.8) is 0 Å². The number of nitrogens with zero attached hydrogens (tertiary/aromatic N) is 2. The van der Waals surface area contributed by atoms with Gasteiger partial charge in [-0.05, 0) is 13.0 Å². The normalized spacial score (nSPS) is 18.6. The molecule has 10 heavy (non-hydrogen) atoms. The molecule has 1 rings (SSSR count). The lowest BCUT2D eigenvalue weighted by molar-refractivity contribution is 0.629. The van der Waals surface area contributed by atoms with Gasteiger partial charge in [-0.2, -0.15) is 0 Å². The van der Waals surface area contributed by atoms with Crippen LogP contribution < -0.4 is 5.73 Å². The summed E-state index contributed by atoms with van der Waals surface area (Å²) in [4.78, 5) is 5.78. The van der Waals surface area contributed by atoms with Gasteiger partial charge < -0.3 is 10.6 Å². The number of aliphatic imine (C=N–C) groups is 1. The lowest BCUT2D eigenvalue weighted by Gasteiger charge is -2.21. The minimum Gasteiger partial charge on any atom is -0.369 e. The van der Waals surface area contributed by atoms with Crippen LogP contribution in [0.3, 0.4) is 0 Å². The van der Waals surface area contributed by atoms with Crippen LogP contribution in [0.15, 0.2) is 29.0 Å². The van der Waals surface area contributed by atoms with Crippen LogP contribution in [0.1, 0.15) is 6.92 Å². The van der Waals surface area contributed by atoms with E-state index in [2.05, 4.69) is 11.6 Å². The average Bonchev–Trinajstić information content (AvgIpc) is 1.82. The van der Waals surface area contributed by atoms with Crippen molar-refractivity contribution in [3.05, 3.63) is 24.0 Å². The average molecular weight is 137 g/mol. The van der Waals surface area contributed by atoms with E-state index in [1.54, 1.807) is 4.90 Å². The van der Waals surface area contributed by atoms with Gasteiger partial charge in [0.05, 0.1) is 0 Å². The second-order valence-electron chi connectivity index (χ2n) is 2.31. The van der Waals surface area contributed by atoms with Gasteiger partial charge in [-0.25, -0.2) is 4.99 Å². The molecule has 0 bridgehead atoms. The van der Waals surface area contributed by atoms with Gasteiger partial charge in [0.25, 0.3) is 0 Å². The molecule has 0 saturated heterocycles. The van der Waals surface area contributed by atoms with Crippen LogP contribution in [-0.4, -0.2) is 17.9 Å². The van der Waals surface area contributed by atoms with Gasteiger partial charge >= 0.3 is 0 Å². The molecular formula is C7H11N3. The second kappa shape index (κ2) is 2.17. The fraction of sp³-hybridized carbons (Fsp3) is 0.286. The fourth-order valence-electron chi connectivity index (χ4n) is 0.773. The van der Waals surface area contributed by atoms with Crippen LogP contribution in [0.4, 0.5) is 0 Å². The van der Waals surface area contributed by atoms with Crippen LogP contribution >= 0.6 is 0 Å². The molecule has 0 unspecified atom stereocenters. The van der Waals surface area contributed by atoms with E-state index in [4.69, 9.17) is 5.73 Å². The zero-order valence-corrected chi connectivity index (χ0v) is 6.26. The summed E-state index contributed by atoms with van der Waals surface area (Å²) in [7, 11) is 1.84. The smallest absolute Gasteiger partial charge is 0.200 e. The topological polar surface area (TPSA) is 41.6 Å². The molecule has 0 aliphatic carbocycles. The van der Waals surface area contributed by atoms with E-state index in [-0.39, 0.29) is 0 Å². The molecule has 1 aliphatic heterocycles. The Labute approximate surface area is 60.5 Å². The number of rotatable bonds is 0. The maximum absolute atomic E-state index is 5.53. The summed E-state index contributed by atoms with van der Waals surface area (Å²) < 4.78 is 0. The number of hydrogen-bond acceptors (Lipinski definition) is 3. The van der Waals surface area contributed by atoms with E-state index in [0.717, 1.165) is 11.4 Å². The fourth-order valence-corrected chi connectivity index (χ4v) is 0.773. The van der Waals surface area contributed by atoms with Crippen molar-refractivity contribution >= 4 is 5.96 Å². The Balaban J connectivity index is 2.95. The Morgan fingerprint density at radius 3 is 2.80 bits per heavy atom. The van der Waals surface area contributed by atoms with Crippen molar-refractivity contribution in [2.24, 2.45) is 10.7 Å². The molecule has 0 saturated carbocycles. The highest BCUT2D eigenvalue weighted by Gasteiger charge is 2.08. The molecule has 0 atom stereocenters. The molecule has 0 radical (unpaired) electrons. The van der Waals surface area contributed by atoms with Crippen LogP contribution in [0.2, 0.25) is 0 Å². The third kappa shape index (κ3) is 1.03.